The Hall–Kier alpha value is -3.55. The maximum Gasteiger partial charge on any atom is 0.265 e. The minimum absolute atomic E-state index is 0.00210. The molecule has 0 radical (unpaired) electrons. The number of nitrogens with two attached hydrogens (primary N) is 1. The fourth-order valence-corrected chi connectivity index (χ4v) is 5.19. The number of allylic oxidation sites excluding steroid dienone is 2. The van der Waals surface area contributed by atoms with Gasteiger partial charge in [0.2, 0.25) is 11.6 Å². The van der Waals surface area contributed by atoms with Crippen molar-refractivity contribution < 1.29 is 14.1 Å². The number of aliphatic imine (C=N–C) groups is 2. The van der Waals surface area contributed by atoms with Crippen molar-refractivity contribution in [2.75, 3.05) is 6.54 Å². The van der Waals surface area contributed by atoms with Crippen molar-refractivity contribution in [1.29, 1.82) is 0 Å². The predicted molar refractivity (Wildman–Crippen MR) is 142 cm³/mol. The number of benzene rings is 2. The summed E-state index contributed by atoms with van der Waals surface area (Å²) in [7, 11) is 0. The molecular weight excluding hydrogens is 450 g/mol. The van der Waals surface area contributed by atoms with Crippen LogP contribution in [0.1, 0.15) is 50.2 Å². The lowest BCUT2D eigenvalue weighted by Crippen LogP contribution is -2.53. The van der Waals surface area contributed by atoms with Gasteiger partial charge in [0.15, 0.2) is 0 Å². The summed E-state index contributed by atoms with van der Waals surface area (Å²) in [4.78, 5) is 22.0. The third-order valence-electron chi connectivity index (χ3n) is 7.20. The number of carbonyl (C=O) groups is 1. The molecule has 2 aromatic rings. The van der Waals surface area contributed by atoms with Crippen LogP contribution in [0.2, 0.25) is 0 Å². The van der Waals surface area contributed by atoms with Crippen LogP contribution in [0.5, 0.6) is 5.75 Å². The zero-order valence-electron chi connectivity index (χ0n) is 20.8. The molecule has 2 aromatic carbocycles. The van der Waals surface area contributed by atoms with E-state index in [-0.39, 0.29) is 22.3 Å². The van der Waals surface area contributed by atoms with Gasteiger partial charge in [0.05, 0.1) is 18.0 Å². The summed E-state index contributed by atoms with van der Waals surface area (Å²) in [6.45, 7) is 3.31. The van der Waals surface area contributed by atoms with Crippen LogP contribution in [0.4, 0.5) is 0 Å². The number of hydrogen-bond donors (Lipinski definition) is 2. The summed E-state index contributed by atoms with van der Waals surface area (Å²) in [6, 6.07) is 18.1. The van der Waals surface area contributed by atoms with Gasteiger partial charge in [-0.15, -0.1) is 4.59 Å². The first-order chi connectivity index (χ1) is 17.6. The van der Waals surface area contributed by atoms with Crippen molar-refractivity contribution in [3.63, 3.8) is 0 Å². The predicted octanol–water partition coefficient (Wildman–Crippen LogP) is 4.82. The molecule has 0 saturated heterocycles. The molecule has 1 unspecified atom stereocenters. The highest BCUT2D eigenvalue weighted by atomic mass is 16.5. The number of amidine groups is 1. The van der Waals surface area contributed by atoms with Crippen molar-refractivity contribution >= 4 is 18.0 Å². The first-order valence-electron chi connectivity index (χ1n) is 12.9. The molecule has 0 aromatic heterocycles. The molecule has 0 bridgehead atoms. The van der Waals surface area contributed by atoms with Crippen LogP contribution < -0.4 is 15.9 Å². The fraction of sp³-hybridized carbons (Fsp3) is 0.345. The number of ether oxygens (including phenoxy) is 1. The van der Waals surface area contributed by atoms with Gasteiger partial charge in [0.25, 0.3) is 5.84 Å². The second-order valence-electron chi connectivity index (χ2n) is 9.70. The van der Waals surface area contributed by atoms with Crippen LogP contribution in [0.25, 0.3) is 0 Å². The van der Waals surface area contributed by atoms with E-state index in [1.807, 2.05) is 67.0 Å². The Morgan fingerprint density at radius 1 is 1.11 bits per heavy atom. The third kappa shape index (κ3) is 4.90. The van der Waals surface area contributed by atoms with E-state index in [0.29, 0.717) is 6.61 Å². The smallest absolute Gasteiger partial charge is 0.265 e. The van der Waals surface area contributed by atoms with Gasteiger partial charge in [-0.3, -0.25) is 9.79 Å². The highest BCUT2D eigenvalue weighted by Crippen LogP contribution is 2.41. The van der Waals surface area contributed by atoms with E-state index in [9.17, 15) is 4.79 Å². The highest BCUT2D eigenvalue weighted by Gasteiger charge is 2.46. The number of quaternary nitrogens is 1. The Morgan fingerprint density at radius 2 is 1.92 bits per heavy atom. The van der Waals surface area contributed by atoms with E-state index in [1.54, 1.807) is 6.20 Å². The minimum Gasteiger partial charge on any atom is -0.489 e. The first kappa shape index (κ1) is 24.2. The number of amides is 1. The summed E-state index contributed by atoms with van der Waals surface area (Å²) >= 11 is 0. The molecule has 2 aliphatic heterocycles. The normalized spacial score (nSPS) is 24.9. The van der Waals surface area contributed by atoms with Crippen LogP contribution in [-0.4, -0.2) is 29.1 Å². The van der Waals surface area contributed by atoms with E-state index in [4.69, 9.17) is 15.6 Å². The zero-order chi connectivity index (χ0) is 25.0. The molecule has 7 heteroatoms. The lowest BCUT2D eigenvalue weighted by Gasteiger charge is -2.29. The highest BCUT2D eigenvalue weighted by molar-refractivity contribution is 6.00. The molecule has 2 heterocycles. The van der Waals surface area contributed by atoms with Crippen molar-refractivity contribution in [3.05, 3.63) is 89.5 Å². The van der Waals surface area contributed by atoms with E-state index >= 15 is 0 Å². The van der Waals surface area contributed by atoms with E-state index in [2.05, 4.69) is 17.2 Å². The number of nitrogens with zero attached hydrogens (tertiary/aromatic N) is 3. The number of carbonyl (C=O) groups excluding carboxylic acids is 1. The van der Waals surface area contributed by atoms with E-state index < -0.39 is 0 Å². The van der Waals surface area contributed by atoms with Gasteiger partial charge < -0.3 is 10.1 Å². The molecule has 1 amide bonds. The second kappa shape index (κ2) is 10.6. The Bertz CT molecular complexity index is 1230. The van der Waals surface area contributed by atoms with Crippen LogP contribution in [0.15, 0.2) is 88.4 Å². The molecule has 5 rings (SSSR count). The lowest BCUT2D eigenvalue weighted by atomic mass is 9.79. The van der Waals surface area contributed by atoms with Gasteiger partial charge in [-0.05, 0) is 55.9 Å². The second-order valence-corrected chi connectivity index (χ2v) is 9.70. The van der Waals surface area contributed by atoms with Gasteiger partial charge in [0.1, 0.15) is 24.3 Å². The Balaban J connectivity index is 1.35. The molecule has 1 fully saturated rings. The number of rotatable bonds is 8. The average Bonchev–Trinajstić information content (AvgIpc) is 3.24. The molecular formula is C29H34N5O2+. The lowest BCUT2D eigenvalue weighted by molar-refractivity contribution is -0.750. The van der Waals surface area contributed by atoms with Gasteiger partial charge in [-0.1, -0.05) is 43.3 Å². The molecule has 1 atom stereocenters. The molecule has 7 nitrogen and oxygen atoms in total. The summed E-state index contributed by atoms with van der Waals surface area (Å²) in [5.41, 5.74) is 3.93. The molecule has 1 saturated carbocycles. The molecule has 1 aliphatic carbocycles. The van der Waals surface area contributed by atoms with Gasteiger partial charge in [-0.25, -0.2) is 0 Å². The van der Waals surface area contributed by atoms with Crippen LogP contribution in [0, 0.1) is 11.8 Å². The number of fused-ring (bicyclic) bond motifs is 1. The maximum absolute atomic E-state index is 12.5. The zero-order valence-corrected chi connectivity index (χ0v) is 20.8. The Labute approximate surface area is 212 Å². The van der Waals surface area contributed by atoms with Crippen LogP contribution in [0.3, 0.4) is 0 Å². The van der Waals surface area contributed by atoms with Crippen LogP contribution >= 0.6 is 0 Å². The average molecular weight is 485 g/mol. The Morgan fingerprint density at radius 3 is 2.69 bits per heavy atom. The maximum atomic E-state index is 12.5. The molecule has 186 valence electrons. The van der Waals surface area contributed by atoms with Crippen molar-refractivity contribution in [1.82, 2.24) is 5.32 Å². The number of nitrogens with one attached hydrogen (secondary N) is 1. The first-order valence-corrected chi connectivity index (χ1v) is 12.9. The summed E-state index contributed by atoms with van der Waals surface area (Å²) in [5, 5.41) is 3.05. The van der Waals surface area contributed by atoms with Gasteiger partial charge in [0, 0.05) is 18.4 Å². The summed E-state index contributed by atoms with van der Waals surface area (Å²) < 4.78 is 6.07. The SMILES string of the molecule is CCCNC(=O)C1CCC(C2=C3C=NC=C[N+]3(N)C(c3cccc(OCc4ccccc4)c3)=N2)CC1. The largest absolute Gasteiger partial charge is 0.489 e. The van der Waals surface area contributed by atoms with Gasteiger partial charge >= 0.3 is 0 Å². The topological polar surface area (TPSA) is 89.1 Å². The molecule has 36 heavy (non-hydrogen) atoms. The fourth-order valence-electron chi connectivity index (χ4n) is 5.19. The molecule has 3 aliphatic rings. The monoisotopic (exact) mass is 484 g/mol. The van der Waals surface area contributed by atoms with Crippen molar-refractivity contribution in [2.24, 2.45) is 27.7 Å². The van der Waals surface area contributed by atoms with E-state index in [0.717, 1.165) is 72.8 Å². The number of hydrogen-bond acceptors (Lipinski definition) is 5. The standard InChI is InChI=1S/C29H33N5O2/c1-2-15-32-29(35)23-13-11-22(12-14-23)27-26-19-31-16-17-34(26,30)28(33-27)24-9-6-10-25(18-24)36-20-21-7-4-3-5-8-21/h3-10,16-19,22-23H,2,11-15,20,30H2,1H3/p+1. The molecule has 0 spiro atoms. The van der Waals surface area contributed by atoms with E-state index in [1.165, 1.54) is 0 Å². The van der Waals surface area contributed by atoms with Crippen molar-refractivity contribution in [2.45, 2.75) is 45.6 Å². The third-order valence-corrected chi connectivity index (χ3v) is 7.20. The van der Waals surface area contributed by atoms with Crippen LogP contribution in [-0.2, 0) is 11.4 Å². The van der Waals surface area contributed by atoms with Gasteiger partial charge in [-0.2, -0.15) is 10.8 Å². The quantitative estimate of drug-likeness (QED) is 0.416. The Kier molecular flexibility index (Phi) is 7.11. The summed E-state index contributed by atoms with van der Waals surface area (Å²) in [6.07, 6.45) is 9.95. The van der Waals surface area contributed by atoms with Crippen molar-refractivity contribution in [3.8, 4) is 5.75 Å². The summed E-state index contributed by atoms with van der Waals surface area (Å²) in [5.74, 6) is 9.00. The minimum atomic E-state index is -0.00210. The molecule has 3 N–H and O–H groups in total.